The van der Waals surface area contributed by atoms with Crippen LogP contribution in [0.15, 0.2) is 66.9 Å². The molecule has 4 rings (SSSR count). The number of fused-ring (bicyclic) bond motifs is 1. The molecule has 0 bridgehead atoms. The summed E-state index contributed by atoms with van der Waals surface area (Å²) >= 11 is 1.43. The number of rotatable bonds is 4. The maximum absolute atomic E-state index is 12.0. The number of benzene rings is 2. The summed E-state index contributed by atoms with van der Waals surface area (Å²) in [6.07, 6.45) is 2.04. The first-order valence-electron chi connectivity index (χ1n) is 8.27. The quantitative estimate of drug-likeness (QED) is 0.514. The normalized spacial score (nSPS) is 12.2. The van der Waals surface area contributed by atoms with Gasteiger partial charge in [-0.3, -0.25) is 0 Å². The predicted molar refractivity (Wildman–Crippen MR) is 106 cm³/mol. The maximum atomic E-state index is 12.0. The highest BCUT2D eigenvalue weighted by molar-refractivity contribution is 7.16. The van der Waals surface area contributed by atoms with Crippen molar-refractivity contribution in [1.29, 1.82) is 0 Å². The molecule has 3 N–H and O–H groups in total. The third-order valence-electron chi connectivity index (χ3n) is 4.53. The molecule has 0 aliphatic carbocycles. The van der Waals surface area contributed by atoms with Crippen molar-refractivity contribution >= 4 is 33.2 Å². The van der Waals surface area contributed by atoms with Crippen molar-refractivity contribution in [3.05, 3.63) is 88.4 Å². The van der Waals surface area contributed by atoms with Crippen LogP contribution in [0.3, 0.4) is 0 Å². The first-order valence-corrected chi connectivity index (χ1v) is 9.09. The zero-order valence-electron chi connectivity index (χ0n) is 14.2. The van der Waals surface area contributed by atoms with E-state index >= 15 is 0 Å². The number of aromatic amines is 1. The zero-order valence-corrected chi connectivity index (χ0v) is 15.0. The van der Waals surface area contributed by atoms with Gasteiger partial charge in [-0.15, -0.1) is 11.3 Å². The third-order valence-corrected chi connectivity index (χ3v) is 5.56. The molecule has 0 aliphatic heterocycles. The number of carbonyl (C=O) groups is 1. The van der Waals surface area contributed by atoms with Crippen LogP contribution in [-0.4, -0.2) is 18.1 Å². The molecule has 1 atom stereocenters. The molecule has 0 spiro atoms. The van der Waals surface area contributed by atoms with E-state index in [-0.39, 0.29) is 5.92 Å². The van der Waals surface area contributed by atoms with Gasteiger partial charge in [0.05, 0.1) is 12.7 Å². The number of esters is 1. The van der Waals surface area contributed by atoms with Crippen molar-refractivity contribution in [3.8, 4) is 0 Å². The molecule has 4 aromatic rings. The maximum Gasteiger partial charge on any atom is 0.340 e. The molecule has 5 heteroatoms. The fourth-order valence-electron chi connectivity index (χ4n) is 3.31. The number of ether oxygens (including phenoxy) is 1. The standard InChI is InChI=1S/C21H18N2O2S/c1-25-21(24)15-11-18(26-20(15)22)19(13-7-3-2-4-8-13)16-12-23-17-10-6-5-9-14(16)17/h2-12,19,23H,22H2,1H3. The molecule has 1 unspecified atom stereocenters. The third kappa shape index (κ3) is 2.76. The van der Waals surface area contributed by atoms with E-state index in [1.807, 2.05) is 42.6 Å². The smallest absolute Gasteiger partial charge is 0.340 e. The van der Waals surface area contributed by atoms with Crippen LogP contribution in [0.1, 0.15) is 32.3 Å². The fourth-order valence-corrected chi connectivity index (χ4v) is 4.38. The van der Waals surface area contributed by atoms with Gasteiger partial charge < -0.3 is 15.5 Å². The first-order chi connectivity index (χ1) is 12.7. The Morgan fingerprint density at radius 1 is 1.12 bits per heavy atom. The summed E-state index contributed by atoms with van der Waals surface area (Å²) in [7, 11) is 1.37. The molecule has 0 amide bonds. The van der Waals surface area contributed by atoms with Gasteiger partial charge in [-0.05, 0) is 23.3 Å². The molecule has 2 heterocycles. The van der Waals surface area contributed by atoms with Crippen molar-refractivity contribution < 1.29 is 9.53 Å². The Hall–Kier alpha value is -3.05. The molecule has 130 valence electrons. The number of hydrogen-bond donors (Lipinski definition) is 2. The molecule has 0 fully saturated rings. The number of methoxy groups -OCH3 is 1. The van der Waals surface area contributed by atoms with Crippen molar-refractivity contribution in [3.63, 3.8) is 0 Å². The van der Waals surface area contributed by atoms with E-state index in [0.29, 0.717) is 10.6 Å². The van der Waals surface area contributed by atoms with E-state index in [1.165, 1.54) is 18.4 Å². The van der Waals surface area contributed by atoms with Crippen LogP contribution >= 0.6 is 11.3 Å². The van der Waals surface area contributed by atoms with Crippen molar-refractivity contribution in [2.24, 2.45) is 0 Å². The van der Waals surface area contributed by atoms with Gasteiger partial charge >= 0.3 is 5.97 Å². The number of nitrogens with two attached hydrogens (primary N) is 1. The minimum absolute atomic E-state index is 0.0157. The van der Waals surface area contributed by atoms with Crippen LogP contribution in [0.4, 0.5) is 5.00 Å². The van der Waals surface area contributed by atoms with Gasteiger partial charge in [0.2, 0.25) is 0 Å². The van der Waals surface area contributed by atoms with Gasteiger partial charge in [0.25, 0.3) is 0 Å². The highest BCUT2D eigenvalue weighted by Gasteiger charge is 2.25. The van der Waals surface area contributed by atoms with E-state index in [4.69, 9.17) is 10.5 Å². The summed E-state index contributed by atoms with van der Waals surface area (Å²) < 4.78 is 4.86. The zero-order chi connectivity index (χ0) is 18.1. The summed E-state index contributed by atoms with van der Waals surface area (Å²) in [5.41, 5.74) is 9.92. The molecule has 4 nitrogen and oxygen atoms in total. The summed E-state index contributed by atoms with van der Waals surface area (Å²) in [5, 5.41) is 1.64. The molecule has 0 radical (unpaired) electrons. The minimum atomic E-state index is -0.407. The van der Waals surface area contributed by atoms with E-state index < -0.39 is 5.97 Å². The largest absolute Gasteiger partial charge is 0.465 e. The summed E-state index contributed by atoms with van der Waals surface area (Å²) in [6, 6.07) is 20.3. The predicted octanol–water partition coefficient (Wildman–Crippen LogP) is 4.78. The van der Waals surface area contributed by atoms with Crippen molar-refractivity contribution in [1.82, 2.24) is 4.98 Å². The van der Waals surface area contributed by atoms with Crippen LogP contribution in [0, 0.1) is 0 Å². The number of anilines is 1. The second kappa shape index (κ2) is 6.69. The number of H-pyrrole nitrogens is 1. The van der Waals surface area contributed by atoms with Gasteiger partial charge in [0.1, 0.15) is 5.00 Å². The van der Waals surface area contributed by atoms with E-state index in [9.17, 15) is 4.79 Å². The number of aromatic nitrogens is 1. The highest BCUT2D eigenvalue weighted by Crippen LogP contribution is 2.41. The average molecular weight is 362 g/mol. The van der Waals surface area contributed by atoms with Crippen LogP contribution < -0.4 is 5.73 Å². The summed E-state index contributed by atoms with van der Waals surface area (Å²) in [4.78, 5) is 16.4. The lowest BCUT2D eigenvalue weighted by molar-refractivity contribution is 0.0602. The lowest BCUT2D eigenvalue weighted by atomic mass is 9.89. The fraction of sp³-hybridized carbons (Fsp3) is 0.0952. The first kappa shape index (κ1) is 16.4. The molecule has 0 aliphatic rings. The number of thiophene rings is 1. The summed E-state index contributed by atoms with van der Waals surface area (Å²) in [5.74, 6) is -0.422. The molecule has 0 saturated carbocycles. The van der Waals surface area contributed by atoms with Crippen LogP contribution in [0.25, 0.3) is 10.9 Å². The lowest BCUT2D eigenvalue weighted by Crippen LogP contribution is -2.03. The molecular formula is C21H18N2O2S. The number of nitrogens with one attached hydrogen (secondary N) is 1. The van der Waals surface area contributed by atoms with Crippen LogP contribution in [0.2, 0.25) is 0 Å². The van der Waals surface area contributed by atoms with Gasteiger partial charge in [0, 0.05) is 27.9 Å². The Bertz CT molecular complexity index is 1070. The Labute approximate surface area is 155 Å². The van der Waals surface area contributed by atoms with Gasteiger partial charge in [-0.1, -0.05) is 48.5 Å². The topological polar surface area (TPSA) is 68.1 Å². The highest BCUT2D eigenvalue weighted by atomic mass is 32.1. The monoisotopic (exact) mass is 362 g/mol. The number of nitrogen functional groups attached to an aromatic ring is 1. The number of hydrogen-bond acceptors (Lipinski definition) is 4. The van der Waals surface area contributed by atoms with E-state index in [1.54, 1.807) is 0 Å². The van der Waals surface area contributed by atoms with Crippen molar-refractivity contribution in [2.45, 2.75) is 5.92 Å². The van der Waals surface area contributed by atoms with Gasteiger partial charge in [-0.2, -0.15) is 0 Å². The molecule has 2 aromatic heterocycles. The second-order valence-electron chi connectivity index (χ2n) is 6.05. The lowest BCUT2D eigenvalue weighted by Gasteiger charge is -2.16. The SMILES string of the molecule is COC(=O)c1cc(C(c2ccccc2)c2c[nH]c3ccccc23)sc1N. The second-order valence-corrected chi connectivity index (χ2v) is 7.17. The Morgan fingerprint density at radius 3 is 2.62 bits per heavy atom. The minimum Gasteiger partial charge on any atom is -0.465 e. The van der Waals surface area contributed by atoms with Gasteiger partial charge in [0.15, 0.2) is 0 Å². The molecular weight excluding hydrogens is 344 g/mol. The Balaban J connectivity index is 1.92. The Morgan fingerprint density at radius 2 is 1.85 bits per heavy atom. The van der Waals surface area contributed by atoms with Crippen LogP contribution in [-0.2, 0) is 4.74 Å². The van der Waals surface area contributed by atoms with E-state index in [0.717, 1.165) is 26.9 Å². The summed E-state index contributed by atoms with van der Waals surface area (Å²) in [6.45, 7) is 0. The van der Waals surface area contributed by atoms with Crippen molar-refractivity contribution in [2.75, 3.05) is 12.8 Å². The molecule has 26 heavy (non-hydrogen) atoms. The van der Waals surface area contributed by atoms with Crippen LogP contribution in [0.5, 0.6) is 0 Å². The molecule has 0 saturated heterocycles. The van der Waals surface area contributed by atoms with E-state index in [2.05, 4.69) is 29.2 Å². The Kier molecular flexibility index (Phi) is 4.22. The number of carbonyl (C=O) groups excluding carboxylic acids is 1. The average Bonchev–Trinajstić information content (AvgIpc) is 3.27. The molecule has 2 aromatic carbocycles. The number of para-hydroxylation sites is 1. The van der Waals surface area contributed by atoms with Gasteiger partial charge in [-0.25, -0.2) is 4.79 Å².